The maximum Gasteiger partial charge on any atom is 0.269 e. The molecule has 5 aliphatic heterocycles. The highest BCUT2D eigenvalue weighted by Crippen LogP contribution is 2.57. The number of anilines is 2. The molecule has 36 heavy (non-hydrogen) atoms. The van der Waals surface area contributed by atoms with Crippen molar-refractivity contribution in [3.63, 3.8) is 0 Å². The van der Waals surface area contributed by atoms with Crippen molar-refractivity contribution in [2.75, 3.05) is 22.9 Å². The van der Waals surface area contributed by atoms with Crippen LogP contribution in [0.25, 0.3) is 0 Å². The van der Waals surface area contributed by atoms with Crippen LogP contribution in [0.15, 0.2) is 51.9 Å². The minimum absolute atomic E-state index is 0.0145. The zero-order valence-corrected chi connectivity index (χ0v) is 20.2. The number of nitrogens with two attached hydrogens (primary N) is 1. The van der Waals surface area contributed by atoms with E-state index >= 15 is 0 Å². The SMILES string of the molecule is N#CC1=C2N=C(N)c3c(sc4c3C3CCN4CC3)N2C2=C(C(=O)CCC2)C1c1ccc([N+](=O)[O-])cc1. The fourth-order valence-electron chi connectivity index (χ4n) is 6.47. The quantitative estimate of drug-likeness (QED) is 0.479. The van der Waals surface area contributed by atoms with Gasteiger partial charge >= 0.3 is 0 Å². The monoisotopic (exact) mass is 498 g/mol. The van der Waals surface area contributed by atoms with Crippen molar-refractivity contribution in [3.05, 3.63) is 73.7 Å². The van der Waals surface area contributed by atoms with Gasteiger partial charge < -0.3 is 10.6 Å². The summed E-state index contributed by atoms with van der Waals surface area (Å²) in [7, 11) is 0. The largest absolute Gasteiger partial charge is 0.383 e. The van der Waals surface area contributed by atoms with Crippen LogP contribution in [0.5, 0.6) is 0 Å². The number of amidine groups is 1. The minimum Gasteiger partial charge on any atom is -0.383 e. The third-order valence-electron chi connectivity index (χ3n) is 8.07. The first kappa shape index (κ1) is 21.3. The Balaban J connectivity index is 1.47. The molecule has 1 unspecified atom stereocenters. The van der Waals surface area contributed by atoms with Gasteiger partial charge in [-0.25, -0.2) is 4.99 Å². The molecule has 1 aromatic carbocycles. The van der Waals surface area contributed by atoms with Gasteiger partial charge in [0.05, 0.1) is 33.0 Å². The molecule has 2 aromatic rings. The molecule has 180 valence electrons. The number of nitrogens with zero attached hydrogens (tertiary/aromatic N) is 5. The summed E-state index contributed by atoms with van der Waals surface area (Å²) in [6.45, 7) is 2.07. The van der Waals surface area contributed by atoms with Gasteiger partial charge in [-0.05, 0) is 37.2 Å². The fourth-order valence-corrected chi connectivity index (χ4v) is 7.95. The summed E-state index contributed by atoms with van der Waals surface area (Å²) >= 11 is 1.69. The topological polar surface area (TPSA) is 129 Å². The molecular weight excluding hydrogens is 476 g/mol. The number of hydrogen-bond acceptors (Lipinski definition) is 9. The molecule has 0 spiro atoms. The van der Waals surface area contributed by atoms with Gasteiger partial charge in [-0.2, -0.15) is 5.26 Å². The minimum atomic E-state index is -0.627. The molecule has 10 heteroatoms. The normalized spacial score (nSPS) is 22.6. The first-order chi connectivity index (χ1) is 17.5. The number of Topliss-reactive ketones (excluding diaryl/α,β-unsaturated/α-hetero) is 1. The summed E-state index contributed by atoms with van der Waals surface area (Å²) in [4.78, 5) is 33.4. The van der Waals surface area contributed by atoms with Crippen LogP contribution >= 0.6 is 11.3 Å². The maximum absolute atomic E-state index is 13.4. The number of nitriles is 1. The van der Waals surface area contributed by atoms with E-state index in [1.807, 2.05) is 4.90 Å². The van der Waals surface area contributed by atoms with E-state index in [2.05, 4.69) is 11.0 Å². The van der Waals surface area contributed by atoms with E-state index in [1.54, 1.807) is 23.5 Å². The molecule has 0 radical (unpaired) electrons. The highest BCUT2D eigenvalue weighted by Gasteiger charge is 2.46. The second-order valence-corrected chi connectivity index (χ2v) is 10.8. The Labute approximate surface area is 211 Å². The van der Waals surface area contributed by atoms with Gasteiger partial charge in [0.1, 0.15) is 10.8 Å². The van der Waals surface area contributed by atoms with E-state index in [0.717, 1.165) is 48.6 Å². The van der Waals surface area contributed by atoms with Crippen LogP contribution < -0.4 is 15.5 Å². The molecule has 1 atom stereocenters. The number of ketones is 1. The predicted octanol–water partition coefficient (Wildman–Crippen LogP) is 4.42. The molecule has 1 aliphatic carbocycles. The van der Waals surface area contributed by atoms with Gasteiger partial charge in [0.2, 0.25) is 0 Å². The Kier molecular flexibility index (Phi) is 4.45. The van der Waals surface area contributed by atoms with Crippen LogP contribution in [0.1, 0.15) is 60.6 Å². The number of carbonyl (C=O) groups excluding carboxylic acids is 1. The second-order valence-electron chi connectivity index (χ2n) is 9.86. The third-order valence-corrected chi connectivity index (χ3v) is 9.32. The Morgan fingerprint density at radius 3 is 2.61 bits per heavy atom. The second kappa shape index (κ2) is 7.51. The summed E-state index contributed by atoms with van der Waals surface area (Å²) in [5.74, 6) is 0.737. The number of nitro groups is 1. The average Bonchev–Trinajstić information content (AvgIpc) is 3.32. The van der Waals surface area contributed by atoms with E-state index in [1.165, 1.54) is 22.7 Å². The number of hydrogen-bond donors (Lipinski definition) is 1. The van der Waals surface area contributed by atoms with E-state index in [4.69, 9.17) is 10.7 Å². The average molecular weight is 499 g/mol. The van der Waals surface area contributed by atoms with Crippen molar-refractivity contribution in [3.8, 4) is 6.07 Å². The predicted molar refractivity (Wildman–Crippen MR) is 136 cm³/mol. The van der Waals surface area contributed by atoms with Gasteiger partial charge in [0.15, 0.2) is 11.6 Å². The summed E-state index contributed by atoms with van der Waals surface area (Å²) in [5.41, 5.74) is 11.3. The number of benzene rings is 1. The lowest BCUT2D eigenvalue weighted by atomic mass is 9.75. The summed E-state index contributed by atoms with van der Waals surface area (Å²) in [6.07, 6.45) is 4.04. The number of rotatable bonds is 2. The number of thiophene rings is 1. The molecular formula is C26H22N6O3S. The molecule has 0 amide bonds. The molecule has 9 nitrogen and oxygen atoms in total. The van der Waals surface area contributed by atoms with Crippen molar-refractivity contribution in [1.82, 2.24) is 0 Å². The summed E-state index contributed by atoms with van der Waals surface area (Å²) in [6, 6.07) is 8.45. The maximum atomic E-state index is 13.4. The van der Waals surface area contributed by atoms with Crippen LogP contribution in [0, 0.1) is 21.4 Å². The van der Waals surface area contributed by atoms with Crippen LogP contribution in [0.4, 0.5) is 15.7 Å². The van der Waals surface area contributed by atoms with Gasteiger partial charge in [0.25, 0.3) is 5.69 Å². The zero-order valence-electron chi connectivity index (χ0n) is 19.4. The van der Waals surface area contributed by atoms with Crippen molar-refractivity contribution in [2.24, 2.45) is 10.7 Å². The number of nitro benzene ring substituents is 1. The lowest BCUT2D eigenvalue weighted by Crippen LogP contribution is -2.40. The van der Waals surface area contributed by atoms with Crippen LogP contribution in [-0.4, -0.2) is 29.6 Å². The van der Waals surface area contributed by atoms with Gasteiger partial charge in [-0.15, -0.1) is 0 Å². The molecule has 6 heterocycles. The molecule has 0 saturated carbocycles. The molecule has 8 rings (SSSR count). The van der Waals surface area contributed by atoms with Crippen LogP contribution in [0.3, 0.4) is 0 Å². The lowest BCUT2D eigenvalue weighted by Gasteiger charge is -2.41. The number of fused-ring (bicyclic) bond motifs is 6. The van der Waals surface area contributed by atoms with E-state index in [-0.39, 0.29) is 11.5 Å². The standard InChI is InChI=1S/C26H22N6O3S/c27-12-16-19(13-4-6-15(7-5-13)32(34)35)21-17(2-1-3-18(21)33)31-24(16)29-23(28)22-20-14-8-10-30(11-9-14)25(20)36-26(22)31/h4-7,14,19H,1-3,8-11H2,(H2,28,29). The highest BCUT2D eigenvalue weighted by molar-refractivity contribution is 7.21. The zero-order chi connectivity index (χ0) is 24.7. The molecule has 2 N–H and O–H groups in total. The Morgan fingerprint density at radius 2 is 1.92 bits per heavy atom. The number of aliphatic imine (C=N–C) groups is 1. The van der Waals surface area contributed by atoms with Crippen LogP contribution in [0.2, 0.25) is 0 Å². The van der Waals surface area contributed by atoms with Gasteiger partial charge in [0, 0.05) is 48.5 Å². The van der Waals surface area contributed by atoms with E-state index in [9.17, 15) is 20.2 Å². The fraction of sp³-hybridized carbons (Fsp3) is 0.346. The van der Waals surface area contributed by atoms with Crippen molar-refractivity contribution < 1.29 is 9.72 Å². The molecule has 1 saturated heterocycles. The first-order valence-electron chi connectivity index (χ1n) is 12.2. The van der Waals surface area contributed by atoms with Crippen molar-refractivity contribution in [1.29, 1.82) is 5.26 Å². The van der Waals surface area contributed by atoms with Gasteiger partial charge in [-0.3, -0.25) is 19.8 Å². The number of carbonyl (C=O) groups is 1. The Bertz CT molecular complexity index is 1500. The van der Waals surface area contributed by atoms with E-state index in [0.29, 0.717) is 47.1 Å². The highest BCUT2D eigenvalue weighted by atomic mass is 32.1. The number of non-ortho nitro benzene ring substituents is 1. The number of piperidine rings is 1. The smallest absolute Gasteiger partial charge is 0.269 e. The Morgan fingerprint density at radius 1 is 1.17 bits per heavy atom. The summed E-state index contributed by atoms with van der Waals surface area (Å²) < 4.78 is 0. The van der Waals surface area contributed by atoms with Crippen LogP contribution in [-0.2, 0) is 4.79 Å². The first-order valence-corrected chi connectivity index (χ1v) is 13.0. The molecule has 1 aromatic heterocycles. The number of allylic oxidation sites excluding steroid dienone is 3. The van der Waals surface area contributed by atoms with Gasteiger partial charge in [-0.1, -0.05) is 23.5 Å². The molecule has 6 aliphatic rings. The lowest BCUT2D eigenvalue weighted by molar-refractivity contribution is -0.384. The Hall–Kier alpha value is -3.97. The van der Waals surface area contributed by atoms with Crippen molar-refractivity contribution in [2.45, 2.75) is 43.9 Å². The third kappa shape index (κ3) is 2.74. The van der Waals surface area contributed by atoms with Crippen molar-refractivity contribution >= 4 is 38.6 Å². The summed E-state index contributed by atoms with van der Waals surface area (Å²) in [5, 5.41) is 23.8. The molecule has 2 bridgehead atoms. The van der Waals surface area contributed by atoms with E-state index < -0.39 is 10.8 Å². The molecule has 1 fully saturated rings.